The molecule has 0 heterocycles. The summed E-state index contributed by atoms with van der Waals surface area (Å²) in [5.41, 5.74) is 0. The predicted molar refractivity (Wildman–Crippen MR) is 24.8 cm³/mol. The molecule has 2 nitrogen and oxygen atoms in total. The molecular formula is H4Cl3IrO2. The zero-order chi connectivity index (χ0) is 3.58. The summed E-state index contributed by atoms with van der Waals surface area (Å²) < 4.78 is 0. The van der Waals surface area contributed by atoms with Crippen molar-refractivity contribution in [1.82, 2.24) is 0 Å². The monoisotopic (exact) mass is 334 g/mol. The van der Waals surface area contributed by atoms with Gasteiger partial charge in [0, 0.05) is 0 Å². The van der Waals surface area contributed by atoms with Crippen molar-refractivity contribution in [2.45, 2.75) is 0 Å². The van der Waals surface area contributed by atoms with Gasteiger partial charge < -0.3 is 11.0 Å². The van der Waals surface area contributed by atoms with Gasteiger partial charge >= 0.3 is 42.2 Å². The third-order valence-electron chi connectivity index (χ3n) is 0. The minimum absolute atomic E-state index is 0. The average Bonchev–Trinajstić information content (AvgIpc) is 0.811. The van der Waals surface area contributed by atoms with E-state index in [2.05, 4.69) is 0 Å². The van der Waals surface area contributed by atoms with E-state index in [1.54, 1.807) is 0 Å². The molecule has 0 aliphatic carbocycles. The van der Waals surface area contributed by atoms with Crippen LogP contribution in [0.2, 0.25) is 0 Å². The first-order chi connectivity index (χ1) is 1.73. The van der Waals surface area contributed by atoms with Crippen LogP contribution in [0.5, 0.6) is 0 Å². The SMILES string of the molecule is O.O.[Cl][Ir]([Cl])[Cl]. The Hall–Kier alpha value is 1.44. The fourth-order valence-electron chi connectivity index (χ4n) is 0. The first-order valence-electron chi connectivity index (χ1n) is 0.378. The van der Waals surface area contributed by atoms with Crippen LogP contribution in [-0.4, -0.2) is 11.0 Å². The third-order valence-corrected chi connectivity index (χ3v) is 0. The van der Waals surface area contributed by atoms with E-state index in [-0.39, 0.29) is 11.0 Å². The van der Waals surface area contributed by atoms with Gasteiger partial charge in [-0.1, -0.05) is 0 Å². The molecule has 0 saturated carbocycles. The van der Waals surface area contributed by atoms with Crippen molar-refractivity contribution in [3.8, 4) is 0 Å². The van der Waals surface area contributed by atoms with Crippen LogP contribution < -0.4 is 0 Å². The molecule has 6 heteroatoms. The second-order valence-electron chi connectivity index (χ2n) is 0.143. The van der Waals surface area contributed by atoms with Gasteiger partial charge in [-0.3, -0.25) is 0 Å². The Labute approximate surface area is 53.1 Å². The van der Waals surface area contributed by atoms with E-state index >= 15 is 0 Å². The maximum absolute atomic E-state index is 4.97. The standard InChI is InChI=1S/3ClH.Ir.2H2O/h3*1H;;2*1H2/q;;;+3;;/p-3. The first kappa shape index (κ1) is 15.7. The van der Waals surface area contributed by atoms with Gasteiger partial charge in [-0.15, -0.1) is 0 Å². The van der Waals surface area contributed by atoms with Crippen LogP contribution in [0.3, 0.4) is 0 Å². The summed E-state index contributed by atoms with van der Waals surface area (Å²) >= 11 is -1.92. The second kappa shape index (κ2) is 9.67. The number of halogens is 3. The molecule has 0 rings (SSSR count). The van der Waals surface area contributed by atoms with E-state index in [1.807, 2.05) is 0 Å². The summed E-state index contributed by atoms with van der Waals surface area (Å²) in [5.74, 6) is 0. The molecule has 0 aromatic carbocycles. The molecular weight excluding hydrogens is 331 g/mol. The summed E-state index contributed by atoms with van der Waals surface area (Å²) in [7, 11) is 14.9. The topological polar surface area (TPSA) is 63.0 Å². The van der Waals surface area contributed by atoms with E-state index in [0.717, 1.165) is 0 Å². The van der Waals surface area contributed by atoms with Gasteiger partial charge in [-0.2, -0.15) is 0 Å². The Morgan fingerprint density at radius 3 is 0.833 bits per heavy atom. The molecule has 0 fully saturated rings. The molecule has 0 spiro atoms. The average molecular weight is 335 g/mol. The normalized spacial score (nSPS) is 7.50. The van der Waals surface area contributed by atoms with Crippen LogP contribution in [0.1, 0.15) is 0 Å². The Bertz CT molecular complexity index is 13.5. The van der Waals surface area contributed by atoms with Crippen LogP contribution in [-0.2, 0) is 13.5 Å². The molecule has 0 unspecified atom stereocenters. The van der Waals surface area contributed by atoms with Crippen LogP contribution in [0.15, 0.2) is 0 Å². The van der Waals surface area contributed by atoms with Crippen molar-refractivity contribution in [2.75, 3.05) is 0 Å². The fraction of sp³-hybridized carbons (Fsp3) is 0. The third kappa shape index (κ3) is 51.7. The van der Waals surface area contributed by atoms with Gasteiger partial charge in [-0.05, 0) is 0 Å². The number of hydrogen-bond acceptors (Lipinski definition) is 0. The van der Waals surface area contributed by atoms with E-state index in [0.29, 0.717) is 0 Å². The van der Waals surface area contributed by atoms with Crippen molar-refractivity contribution in [2.24, 2.45) is 0 Å². The molecule has 0 aromatic heterocycles. The van der Waals surface area contributed by atoms with Gasteiger partial charge in [-0.25, -0.2) is 0 Å². The first-order valence-corrected chi connectivity index (χ1v) is 9.28. The van der Waals surface area contributed by atoms with Gasteiger partial charge in [0.15, 0.2) is 0 Å². The van der Waals surface area contributed by atoms with Crippen LogP contribution in [0.25, 0.3) is 0 Å². The quantitative estimate of drug-likeness (QED) is 0.616. The van der Waals surface area contributed by atoms with Crippen molar-refractivity contribution >= 4 is 28.8 Å². The van der Waals surface area contributed by atoms with Gasteiger partial charge in [0.2, 0.25) is 0 Å². The van der Waals surface area contributed by atoms with Crippen molar-refractivity contribution < 1.29 is 24.4 Å². The molecule has 0 amide bonds. The van der Waals surface area contributed by atoms with Crippen molar-refractivity contribution in [3.63, 3.8) is 0 Å². The van der Waals surface area contributed by atoms with E-state index in [9.17, 15) is 0 Å². The van der Waals surface area contributed by atoms with Crippen LogP contribution in [0.4, 0.5) is 0 Å². The van der Waals surface area contributed by atoms with Crippen LogP contribution >= 0.6 is 28.8 Å². The molecule has 0 aliphatic rings. The van der Waals surface area contributed by atoms with Gasteiger partial charge in [0.05, 0.1) is 0 Å². The zero-order valence-corrected chi connectivity index (χ0v) is 7.13. The fourth-order valence-corrected chi connectivity index (χ4v) is 0. The van der Waals surface area contributed by atoms with Crippen LogP contribution in [0, 0.1) is 0 Å². The van der Waals surface area contributed by atoms with Gasteiger partial charge in [0.1, 0.15) is 0 Å². The molecule has 6 heavy (non-hydrogen) atoms. The number of rotatable bonds is 0. The second-order valence-corrected chi connectivity index (χ2v) is 10.5. The molecule has 0 bridgehead atoms. The molecule has 4 N–H and O–H groups in total. The molecule has 0 aliphatic heterocycles. The predicted octanol–water partition coefficient (Wildman–Crippen LogP) is 0.417. The maximum atomic E-state index is 4.97. The van der Waals surface area contributed by atoms with E-state index < -0.39 is 13.5 Å². The zero-order valence-electron chi connectivity index (χ0n) is 2.47. The minimum atomic E-state index is -1.92. The Morgan fingerprint density at radius 1 is 0.833 bits per heavy atom. The van der Waals surface area contributed by atoms with Gasteiger partial charge in [0.25, 0.3) is 0 Å². The summed E-state index contributed by atoms with van der Waals surface area (Å²) in [5, 5.41) is 0. The van der Waals surface area contributed by atoms with E-state index in [4.69, 9.17) is 28.8 Å². The summed E-state index contributed by atoms with van der Waals surface area (Å²) in [4.78, 5) is 0. The molecule has 0 radical (unpaired) electrons. The molecule has 0 saturated heterocycles. The number of hydrogen-bond donors (Lipinski definition) is 0. The van der Waals surface area contributed by atoms with E-state index in [1.165, 1.54) is 0 Å². The van der Waals surface area contributed by atoms with Crippen molar-refractivity contribution in [1.29, 1.82) is 0 Å². The molecule has 46 valence electrons. The Kier molecular flexibility index (Phi) is 25.2. The summed E-state index contributed by atoms with van der Waals surface area (Å²) in [6.45, 7) is 0. The van der Waals surface area contributed by atoms with Crippen molar-refractivity contribution in [3.05, 3.63) is 0 Å². The summed E-state index contributed by atoms with van der Waals surface area (Å²) in [6.07, 6.45) is 0. The Balaban J connectivity index is -0.0000000450. The molecule has 0 aromatic rings. The Morgan fingerprint density at radius 2 is 0.833 bits per heavy atom. The summed E-state index contributed by atoms with van der Waals surface area (Å²) in [6, 6.07) is 0. The molecule has 0 atom stereocenters.